The van der Waals surface area contributed by atoms with Crippen LogP contribution >= 0.6 is 11.6 Å². The third-order valence-corrected chi connectivity index (χ3v) is 5.99. The largest absolute Gasteiger partial charge is 0.477 e. The van der Waals surface area contributed by atoms with E-state index in [1.807, 2.05) is 0 Å². The Morgan fingerprint density at radius 3 is 2.66 bits per heavy atom. The highest BCUT2D eigenvalue weighted by Gasteiger charge is 2.33. The van der Waals surface area contributed by atoms with Crippen LogP contribution in [0.1, 0.15) is 10.4 Å². The first-order chi connectivity index (χ1) is 16.6. The number of carboxylic acid groups (broad SMARTS) is 1. The number of oxime groups is 1. The highest BCUT2D eigenvalue weighted by Crippen LogP contribution is 2.38. The molecule has 10 nitrogen and oxygen atoms in total. The predicted molar refractivity (Wildman–Crippen MR) is 123 cm³/mol. The number of nitrogens with zero attached hydrogens (tertiary/aromatic N) is 4. The molecule has 4 rings (SSSR count). The van der Waals surface area contributed by atoms with E-state index in [0.717, 1.165) is 16.8 Å². The second kappa shape index (κ2) is 9.07. The predicted octanol–water partition coefficient (Wildman–Crippen LogP) is 2.13. The number of nitrogen functional groups attached to an aromatic ring is 1. The lowest BCUT2D eigenvalue weighted by atomic mass is 10.1. The van der Waals surface area contributed by atoms with Gasteiger partial charge >= 0.3 is 5.97 Å². The molecule has 1 atom stereocenters. The molecule has 1 fully saturated rings. The summed E-state index contributed by atoms with van der Waals surface area (Å²) in [5.41, 5.74) is 9.51. The number of rotatable bonds is 5. The van der Waals surface area contributed by atoms with Gasteiger partial charge in [0, 0.05) is 31.3 Å². The van der Waals surface area contributed by atoms with Gasteiger partial charge in [-0.3, -0.25) is 9.36 Å². The van der Waals surface area contributed by atoms with Crippen LogP contribution < -0.4 is 21.8 Å². The zero-order chi connectivity index (χ0) is 25.6. The summed E-state index contributed by atoms with van der Waals surface area (Å²) < 4.78 is 44.7. The Morgan fingerprint density at radius 1 is 1.31 bits per heavy atom. The molecule has 0 amide bonds. The zero-order valence-corrected chi connectivity index (χ0v) is 18.8. The quantitative estimate of drug-likeness (QED) is 0.442. The molecule has 3 heterocycles. The Morgan fingerprint density at radius 2 is 2.03 bits per heavy atom. The molecular formula is C21H18ClF3N6O4. The van der Waals surface area contributed by atoms with Crippen LogP contribution in [0.5, 0.6) is 0 Å². The summed E-state index contributed by atoms with van der Waals surface area (Å²) in [7, 11) is 1.35. The molecule has 1 aliphatic rings. The lowest BCUT2D eigenvalue weighted by Crippen LogP contribution is -2.25. The number of aromatic nitrogens is 2. The van der Waals surface area contributed by atoms with Crippen LogP contribution in [0, 0.1) is 23.4 Å². The zero-order valence-electron chi connectivity index (χ0n) is 18.1. The van der Waals surface area contributed by atoms with Crippen LogP contribution in [0.15, 0.2) is 28.3 Å². The highest BCUT2D eigenvalue weighted by atomic mass is 35.5. The Kier molecular flexibility index (Phi) is 6.30. The Balaban J connectivity index is 2.06. The van der Waals surface area contributed by atoms with Crippen molar-refractivity contribution in [1.29, 1.82) is 0 Å². The summed E-state index contributed by atoms with van der Waals surface area (Å²) in [6, 6.07) is 1.25. The number of pyridine rings is 2. The van der Waals surface area contributed by atoms with E-state index in [4.69, 9.17) is 27.9 Å². The standard InChI is InChI=1S/C21H18ClF3N6O4/c1-35-29-14-7-30(5-8(14)4-26)17-11(23)2-9-16(15(17)22)31(6-10(18(9)32)21(33)34)20-13(25)3-12(24)19(27)28-20/h2-3,6,8H,4-5,7,26H2,1H3,(H2,27,28)(H,33,34)/b29-14+. The average Bonchev–Trinajstić information content (AvgIpc) is 3.19. The number of benzene rings is 1. The molecule has 0 spiro atoms. The van der Waals surface area contributed by atoms with E-state index in [0.29, 0.717) is 11.8 Å². The minimum Gasteiger partial charge on any atom is -0.477 e. The van der Waals surface area contributed by atoms with Gasteiger partial charge in [-0.1, -0.05) is 16.8 Å². The van der Waals surface area contributed by atoms with Crippen LogP contribution in [0.3, 0.4) is 0 Å². The van der Waals surface area contributed by atoms with Crippen molar-refractivity contribution in [3.8, 4) is 5.82 Å². The number of carbonyl (C=O) groups is 1. The number of anilines is 2. The number of halogens is 4. The minimum atomic E-state index is -1.66. The van der Waals surface area contributed by atoms with Gasteiger partial charge in [0.25, 0.3) is 0 Å². The highest BCUT2D eigenvalue weighted by molar-refractivity contribution is 6.38. The number of aromatic carboxylic acids is 1. The molecule has 0 bridgehead atoms. The van der Waals surface area contributed by atoms with Crippen molar-refractivity contribution in [3.63, 3.8) is 0 Å². The van der Waals surface area contributed by atoms with Crippen molar-refractivity contribution < 1.29 is 27.9 Å². The lowest BCUT2D eigenvalue weighted by molar-refractivity contribution is 0.0695. The number of carboxylic acids is 1. The molecule has 1 aliphatic heterocycles. The molecule has 0 saturated carbocycles. The summed E-state index contributed by atoms with van der Waals surface area (Å²) >= 11 is 6.58. The van der Waals surface area contributed by atoms with Crippen LogP contribution in [-0.2, 0) is 4.84 Å². The van der Waals surface area contributed by atoms with Crippen molar-refractivity contribution in [3.05, 3.63) is 56.6 Å². The number of hydrogen-bond donors (Lipinski definition) is 3. The van der Waals surface area contributed by atoms with Gasteiger partial charge in [0.2, 0.25) is 5.43 Å². The van der Waals surface area contributed by atoms with Crippen LogP contribution in [0.4, 0.5) is 24.7 Å². The Hall–Kier alpha value is -3.84. The molecule has 35 heavy (non-hydrogen) atoms. The van der Waals surface area contributed by atoms with Crippen LogP contribution in [0.2, 0.25) is 5.02 Å². The van der Waals surface area contributed by atoms with Gasteiger partial charge < -0.3 is 26.3 Å². The topological polar surface area (TPSA) is 149 Å². The van der Waals surface area contributed by atoms with Gasteiger partial charge in [0.1, 0.15) is 18.5 Å². The maximum atomic E-state index is 15.3. The molecule has 184 valence electrons. The molecule has 1 saturated heterocycles. The molecule has 3 aromatic rings. The van der Waals surface area contributed by atoms with Crippen molar-refractivity contribution in [2.24, 2.45) is 16.8 Å². The van der Waals surface area contributed by atoms with Gasteiger partial charge in [-0.15, -0.1) is 0 Å². The van der Waals surface area contributed by atoms with E-state index in [1.54, 1.807) is 0 Å². The molecule has 0 radical (unpaired) electrons. The van der Waals surface area contributed by atoms with Gasteiger partial charge in [-0.2, -0.15) is 0 Å². The van der Waals surface area contributed by atoms with E-state index < -0.39 is 51.4 Å². The Labute approximate surface area is 200 Å². The number of nitrogens with two attached hydrogens (primary N) is 2. The van der Waals surface area contributed by atoms with Crippen LogP contribution in [-0.4, -0.2) is 53.1 Å². The Bertz CT molecular complexity index is 1460. The molecule has 0 aliphatic carbocycles. The van der Waals surface area contributed by atoms with Crippen molar-refractivity contribution in [1.82, 2.24) is 9.55 Å². The first-order valence-electron chi connectivity index (χ1n) is 10.1. The maximum Gasteiger partial charge on any atom is 0.341 e. The third-order valence-electron chi connectivity index (χ3n) is 5.63. The molecule has 5 N–H and O–H groups in total. The number of hydrogen-bond acceptors (Lipinski definition) is 8. The van der Waals surface area contributed by atoms with Gasteiger partial charge in [0.15, 0.2) is 23.3 Å². The summed E-state index contributed by atoms with van der Waals surface area (Å²) in [4.78, 5) is 34.5. The van der Waals surface area contributed by atoms with Crippen LogP contribution in [0.25, 0.3) is 16.7 Å². The van der Waals surface area contributed by atoms with Crippen molar-refractivity contribution >= 4 is 45.7 Å². The van der Waals surface area contributed by atoms with Gasteiger partial charge in [-0.25, -0.2) is 22.9 Å². The van der Waals surface area contributed by atoms with Crippen molar-refractivity contribution in [2.45, 2.75) is 0 Å². The summed E-state index contributed by atoms with van der Waals surface area (Å²) in [5.74, 6) is -6.58. The maximum absolute atomic E-state index is 15.3. The molecule has 1 unspecified atom stereocenters. The first kappa shape index (κ1) is 24.3. The fourth-order valence-electron chi connectivity index (χ4n) is 4.02. The normalized spacial score (nSPS) is 16.9. The average molecular weight is 511 g/mol. The van der Waals surface area contributed by atoms with Gasteiger partial charge in [-0.05, 0) is 6.07 Å². The molecular weight excluding hydrogens is 493 g/mol. The molecule has 1 aromatic carbocycles. The first-order valence-corrected chi connectivity index (χ1v) is 10.4. The number of fused-ring (bicyclic) bond motifs is 1. The minimum absolute atomic E-state index is 0.0887. The summed E-state index contributed by atoms with van der Waals surface area (Å²) in [6.45, 7) is 0.474. The third kappa shape index (κ3) is 4.02. The second-order valence-corrected chi connectivity index (χ2v) is 8.08. The monoisotopic (exact) mass is 510 g/mol. The van der Waals surface area contributed by atoms with E-state index in [1.165, 1.54) is 12.0 Å². The fourth-order valence-corrected chi connectivity index (χ4v) is 4.42. The SMILES string of the molecule is CO/N=C1\CN(c2c(F)cc3c(=O)c(C(=O)O)cn(-c4nc(N)c(F)cc4F)c3c2Cl)CC1CN. The fraction of sp³-hybridized carbons (Fsp3) is 0.238. The summed E-state index contributed by atoms with van der Waals surface area (Å²) in [5, 5.41) is 12.6. The van der Waals surface area contributed by atoms with E-state index >= 15 is 4.39 Å². The van der Waals surface area contributed by atoms with E-state index in [2.05, 4.69) is 10.1 Å². The van der Waals surface area contributed by atoms with E-state index in [-0.39, 0.29) is 41.8 Å². The lowest BCUT2D eigenvalue weighted by Gasteiger charge is -2.23. The molecule has 2 aromatic heterocycles. The second-order valence-electron chi connectivity index (χ2n) is 7.70. The summed E-state index contributed by atoms with van der Waals surface area (Å²) in [6.07, 6.45) is 0.772. The van der Waals surface area contributed by atoms with Gasteiger partial charge in [0.05, 0.1) is 33.9 Å². The van der Waals surface area contributed by atoms with E-state index in [9.17, 15) is 23.5 Å². The smallest absolute Gasteiger partial charge is 0.341 e. The van der Waals surface area contributed by atoms with Crippen molar-refractivity contribution in [2.75, 3.05) is 37.4 Å². The molecule has 14 heteroatoms.